The fourth-order valence-corrected chi connectivity index (χ4v) is 4.26. The second-order valence-corrected chi connectivity index (χ2v) is 9.15. The van der Waals surface area contributed by atoms with Crippen LogP contribution in [-0.2, 0) is 25.8 Å². The van der Waals surface area contributed by atoms with E-state index in [0.29, 0.717) is 16.5 Å². The summed E-state index contributed by atoms with van der Waals surface area (Å²) in [5.74, 6) is -0.604. The van der Waals surface area contributed by atoms with Gasteiger partial charge in [-0.2, -0.15) is 0 Å². The fraction of sp³-hybridized carbons (Fsp3) is 0.500. The molecular weight excluding hydrogens is 387 g/mol. The van der Waals surface area contributed by atoms with E-state index in [2.05, 4.69) is 5.32 Å². The van der Waals surface area contributed by atoms with Gasteiger partial charge in [-0.05, 0) is 31.0 Å². The van der Waals surface area contributed by atoms with Crippen LogP contribution in [0.2, 0.25) is 10.0 Å². The minimum Gasteiger partial charge on any atom is -0.345 e. The summed E-state index contributed by atoms with van der Waals surface area (Å²) in [6, 6.07) is 4.39. The minimum absolute atomic E-state index is 0.0333. The molecule has 6 nitrogen and oxygen atoms in total. The predicted molar refractivity (Wildman–Crippen MR) is 97.6 cm³/mol. The van der Waals surface area contributed by atoms with Crippen LogP contribution in [0.3, 0.4) is 0 Å². The highest BCUT2D eigenvalue weighted by Gasteiger charge is 2.28. The number of nitrogens with one attached hydrogen (secondary N) is 1. The number of hydrogen-bond donors (Lipinski definition) is 1. The Balaban J connectivity index is 1.82. The average Bonchev–Trinajstić information content (AvgIpc) is 2.53. The van der Waals surface area contributed by atoms with E-state index in [0.717, 1.165) is 5.56 Å². The largest absolute Gasteiger partial charge is 0.345 e. The lowest BCUT2D eigenvalue weighted by Gasteiger charge is -2.29. The third-order valence-corrected chi connectivity index (χ3v) is 6.24. The number of benzene rings is 1. The summed E-state index contributed by atoms with van der Waals surface area (Å²) in [6.45, 7) is 1.93. The van der Waals surface area contributed by atoms with Crippen LogP contribution >= 0.6 is 23.2 Å². The van der Waals surface area contributed by atoms with Gasteiger partial charge >= 0.3 is 0 Å². The molecule has 1 heterocycles. The maximum atomic E-state index is 12.3. The number of hydrogen-bond acceptors (Lipinski definition) is 4. The molecule has 0 radical (unpaired) electrons. The van der Waals surface area contributed by atoms with E-state index in [-0.39, 0.29) is 42.8 Å². The Morgan fingerprint density at radius 2 is 1.88 bits per heavy atom. The number of halogens is 2. The van der Waals surface area contributed by atoms with Gasteiger partial charge in [-0.1, -0.05) is 29.3 Å². The van der Waals surface area contributed by atoms with Gasteiger partial charge in [0, 0.05) is 29.6 Å². The van der Waals surface area contributed by atoms with Crippen LogP contribution in [0.25, 0.3) is 0 Å². The van der Waals surface area contributed by atoms with Crippen LogP contribution in [-0.4, -0.2) is 55.8 Å². The standard InChI is InChI=1S/C16H20Cl2N2O4S/c1-11(16(22)20-6-8-25(23,24)9-7-20)19-15(21)5-3-12-2-4-13(17)10-14(12)18/h2,4,10-11H,3,5-9H2,1H3,(H,19,21). The molecule has 0 spiro atoms. The van der Waals surface area contributed by atoms with Crippen molar-refractivity contribution in [2.45, 2.75) is 25.8 Å². The molecule has 1 aliphatic heterocycles. The molecule has 1 aromatic rings. The Hall–Kier alpha value is -1.31. The zero-order valence-electron chi connectivity index (χ0n) is 13.8. The zero-order valence-corrected chi connectivity index (χ0v) is 16.1. The highest BCUT2D eigenvalue weighted by Crippen LogP contribution is 2.22. The number of carbonyl (C=O) groups excluding carboxylic acids is 2. The Morgan fingerprint density at radius 3 is 2.48 bits per heavy atom. The summed E-state index contributed by atoms with van der Waals surface area (Å²) in [5, 5.41) is 3.68. The van der Waals surface area contributed by atoms with Gasteiger partial charge in [0.1, 0.15) is 6.04 Å². The van der Waals surface area contributed by atoms with Crippen LogP contribution in [0.5, 0.6) is 0 Å². The van der Waals surface area contributed by atoms with Crippen molar-refractivity contribution in [3.05, 3.63) is 33.8 Å². The van der Waals surface area contributed by atoms with E-state index in [1.807, 2.05) is 0 Å². The number of carbonyl (C=O) groups is 2. The van der Waals surface area contributed by atoms with Gasteiger partial charge in [-0.3, -0.25) is 9.59 Å². The highest BCUT2D eigenvalue weighted by molar-refractivity contribution is 7.91. The molecule has 2 amide bonds. The summed E-state index contributed by atoms with van der Waals surface area (Å²) >= 11 is 11.9. The molecular formula is C16H20Cl2N2O4S. The van der Waals surface area contributed by atoms with E-state index in [4.69, 9.17) is 23.2 Å². The Morgan fingerprint density at radius 1 is 1.24 bits per heavy atom. The van der Waals surface area contributed by atoms with Crippen molar-refractivity contribution < 1.29 is 18.0 Å². The molecule has 1 fully saturated rings. The lowest BCUT2D eigenvalue weighted by Crippen LogP contribution is -2.51. The summed E-state index contributed by atoms with van der Waals surface area (Å²) in [4.78, 5) is 25.8. The van der Waals surface area contributed by atoms with Crippen molar-refractivity contribution >= 4 is 44.9 Å². The topological polar surface area (TPSA) is 83.6 Å². The second-order valence-electron chi connectivity index (χ2n) is 6.00. The molecule has 0 saturated carbocycles. The van der Waals surface area contributed by atoms with Gasteiger partial charge < -0.3 is 10.2 Å². The maximum absolute atomic E-state index is 12.3. The van der Waals surface area contributed by atoms with Crippen LogP contribution < -0.4 is 5.32 Å². The van der Waals surface area contributed by atoms with Crippen molar-refractivity contribution in [3.63, 3.8) is 0 Å². The minimum atomic E-state index is -3.05. The number of nitrogens with zero attached hydrogens (tertiary/aromatic N) is 1. The third-order valence-electron chi connectivity index (χ3n) is 4.04. The molecule has 2 rings (SSSR count). The van der Waals surface area contributed by atoms with Gasteiger partial charge in [0.25, 0.3) is 0 Å². The van der Waals surface area contributed by atoms with Crippen LogP contribution in [0.1, 0.15) is 18.9 Å². The molecule has 0 bridgehead atoms. The first kappa shape index (κ1) is 20.0. The van der Waals surface area contributed by atoms with E-state index >= 15 is 0 Å². The van der Waals surface area contributed by atoms with Gasteiger partial charge in [-0.25, -0.2) is 8.42 Å². The van der Waals surface area contributed by atoms with E-state index in [1.54, 1.807) is 25.1 Å². The van der Waals surface area contributed by atoms with Gasteiger partial charge in [0.2, 0.25) is 11.8 Å². The summed E-state index contributed by atoms with van der Waals surface area (Å²) < 4.78 is 22.8. The molecule has 9 heteroatoms. The Kier molecular flexibility index (Phi) is 6.71. The number of sulfone groups is 1. The molecule has 1 aliphatic rings. The van der Waals surface area contributed by atoms with Crippen LogP contribution in [0.4, 0.5) is 0 Å². The highest BCUT2D eigenvalue weighted by atomic mass is 35.5. The molecule has 1 aromatic carbocycles. The molecule has 1 saturated heterocycles. The van der Waals surface area contributed by atoms with E-state index < -0.39 is 15.9 Å². The van der Waals surface area contributed by atoms with Crippen molar-refractivity contribution in [2.24, 2.45) is 0 Å². The smallest absolute Gasteiger partial charge is 0.244 e. The molecule has 1 N–H and O–H groups in total. The molecule has 138 valence electrons. The summed E-state index contributed by atoms with van der Waals surface area (Å²) in [6.07, 6.45) is 0.623. The fourth-order valence-electron chi connectivity index (χ4n) is 2.55. The monoisotopic (exact) mass is 406 g/mol. The van der Waals surface area contributed by atoms with E-state index in [1.165, 1.54) is 4.90 Å². The Bertz CT molecular complexity index is 753. The van der Waals surface area contributed by atoms with E-state index in [9.17, 15) is 18.0 Å². The third kappa shape index (κ3) is 5.87. The van der Waals surface area contributed by atoms with Crippen molar-refractivity contribution in [2.75, 3.05) is 24.6 Å². The molecule has 0 aromatic heterocycles. The molecule has 25 heavy (non-hydrogen) atoms. The first-order valence-electron chi connectivity index (χ1n) is 7.90. The SMILES string of the molecule is CC(NC(=O)CCc1ccc(Cl)cc1Cl)C(=O)N1CCS(=O)(=O)CC1. The first-order chi connectivity index (χ1) is 11.7. The second kappa shape index (κ2) is 8.38. The first-order valence-corrected chi connectivity index (χ1v) is 10.5. The predicted octanol–water partition coefficient (Wildman–Crippen LogP) is 1.69. The number of rotatable bonds is 5. The lowest BCUT2D eigenvalue weighted by atomic mass is 10.1. The maximum Gasteiger partial charge on any atom is 0.244 e. The number of amides is 2. The lowest BCUT2D eigenvalue weighted by molar-refractivity contribution is -0.135. The normalized spacial score (nSPS) is 17.8. The molecule has 1 atom stereocenters. The van der Waals surface area contributed by atoms with Gasteiger partial charge in [-0.15, -0.1) is 0 Å². The van der Waals surface area contributed by atoms with Crippen LogP contribution in [0.15, 0.2) is 18.2 Å². The Labute approximate surface area is 157 Å². The molecule has 1 unspecified atom stereocenters. The summed E-state index contributed by atoms with van der Waals surface area (Å²) in [5.41, 5.74) is 0.807. The number of aryl methyl sites for hydroxylation is 1. The summed E-state index contributed by atoms with van der Waals surface area (Å²) in [7, 11) is -3.05. The average molecular weight is 407 g/mol. The van der Waals surface area contributed by atoms with Gasteiger partial charge in [0.05, 0.1) is 11.5 Å². The molecule has 0 aliphatic carbocycles. The van der Waals surface area contributed by atoms with Crippen molar-refractivity contribution in [3.8, 4) is 0 Å². The zero-order chi connectivity index (χ0) is 18.6. The quantitative estimate of drug-likeness (QED) is 0.805. The van der Waals surface area contributed by atoms with Crippen molar-refractivity contribution in [1.82, 2.24) is 10.2 Å². The van der Waals surface area contributed by atoms with Gasteiger partial charge in [0.15, 0.2) is 9.84 Å². The van der Waals surface area contributed by atoms with Crippen molar-refractivity contribution in [1.29, 1.82) is 0 Å². The van der Waals surface area contributed by atoms with Crippen LogP contribution in [0, 0.1) is 0 Å².